The third-order valence-corrected chi connectivity index (χ3v) is 4.01. The summed E-state index contributed by atoms with van der Waals surface area (Å²) in [6.45, 7) is 7.89. The Labute approximate surface area is 125 Å². The van der Waals surface area contributed by atoms with Crippen LogP contribution in [0.2, 0.25) is 0 Å². The summed E-state index contributed by atoms with van der Waals surface area (Å²) < 4.78 is 5.27. The van der Waals surface area contributed by atoms with Crippen molar-refractivity contribution in [3.8, 4) is 10.6 Å². The smallest absolute Gasteiger partial charge is 0.124 e. The van der Waals surface area contributed by atoms with Crippen LogP contribution >= 0.6 is 11.3 Å². The van der Waals surface area contributed by atoms with Crippen molar-refractivity contribution in [1.82, 2.24) is 10.3 Å². The van der Waals surface area contributed by atoms with Gasteiger partial charge in [0, 0.05) is 29.6 Å². The second kappa shape index (κ2) is 6.48. The van der Waals surface area contributed by atoms with Gasteiger partial charge < -0.3 is 10.1 Å². The van der Waals surface area contributed by atoms with Gasteiger partial charge in [0.1, 0.15) is 5.01 Å². The van der Waals surface area contributed by atoms with Crippen molar-refractivity contribution in [2.75, 3.05) is 7.11 Å². The van der Waals surface area contributed by atoms with Gasteiger partial charge in [-0.3, -0.25) is 0 Å². The minimum absolute atomic E-state index is 0.0985. The maximum Gasteiger partial charge on any atom is 0.124 e. The predicted octanol–water partition coefficient (Wildman–Crippen LogP) is 3.84. The van der Waals surface area contributed by atoms with E-state index < -0.39 is 0 Å². The quantitative estimate of drug-likeness (QED) is 0.908. The molecule has 108 valence electrons. The molecule has 0 aliphatic carbocycles. The number of ether oxygens (including phenoxy) is 1. The molecule has 1 aromatic carbocycles. The van der Waals surface area contributed by atoms with Crippen molar-refractivity contribution < 1.29 is 4.74 Å². The van der Waals surface area contributed by atoms with E-state index in [1.54, 1.807) is 18.4 Å². The number of nitrogens with one attached hydrogen (secondary N) is 1. The fourth-order valence-electron chi connectivity index (χ4n) is 1.82. The van der Waals surface area contributed by atoms with Gasteiger partial charge in [-0.2, -0.15) is 0 Å². The van der Waals surface area contributed by atoms with E-state index in [-0.39, 0.29) is 5.54 Å². The van der Waals surface area contributed by atoms with Gasteiger partial charge in [0.15, 0.2) is 0 Å². The van der Waals surface area contributed by atoms with Crippen LogP contribution in [-0.2, 0) is 17.9 Å². The number of rotatable bonds is 5. The summed E-state index contributed by atoms with van der Waals surface area (Å²) in [7, 11) is 1.71. The number of thiazole rings is 1. The maximum atomic E-state index is 5.27. The van der Waals surface area contributed by atoms with Gasteiger partial charge in [0.25, 0.3) is 0 Å². The Kier molecular flexibility index (Phi) is 4.91. The largest absolute Gasteiger partial charge is 0.378 e. The number of hydrogen-bond acceptors (Lipinski definition) is 4. The van der Waals surface area contributed by atoms with Crippen LogP contribution in [0.5, 0.6) is 0 Å². The molecule has 20 heavy (non-hydrogen) atoms. The summed E-state index contributed by atoms with van der Waals surface area (Å²) >= 11 is 1.74. The molecule has 0 saturated carbocycles. The molecule has 0 saturated heterocycles. The summed E-state index contributed by atoms with van der Waals surface area (Å²) in [4.78, 5) is 5.97. The van der Waals surface area contributed by atoms with Crippen molar-refractivity contribution in [2.24, 2.45) is 0 Å². The highest BCUT2D eigenvalue weighted by atomic mass is 32.1. The molecule has 0 bridgehead atoms. The molecule has 0 aliphatic rings. The summed E-state index contributed by atoms with van der Waals surface area (Å²) in [5.41, 5.74) is 2.30. The highest BCUT2D eigenvalue weighted by molar-refractivity contribution is 7.15. The van der Waals surface area contributed by atoms with Crippen LogP contribution in [0.4, 0.5) is 0 Å². The minimum atomic E-state index is 0.0985. The lowest BCUT2D eigenvalue weighted by molar-refractivity contribution is 0.181. The standard InChI is InChI=1S/C16H22N2OS/c1-16(2,3)17-10-14-13(11-19-4)18-15(20-14)12-8-6-5-7-9-12/h5-9,17H,10-11H2,1-4H3. The monoisotopic (exact) mass is 290 g/mol. The molecule has 4 heteroatoms. The van der Waals surface area contributed by atoms with E-state index in [1.165, 1.54) is 4.88 Å². The van der Waals surface area contributed by atoms with Gasteiger partial charge in [0.05, 0.1) is 12.3 Å². The first kappa shape index (κ1) is 15.2. The van der Waals surface area contributed by atoms with Crippen molar-refractivity contribution in [2.45, 2.75) is 39.5 Å². The SMILES string of the molecule is COCc1nc(-c2ccccc2)sc1CNC(C)(C)C. The lowest BCUT2D eigenvalue weighted by Crippen LogP contribution is -2.35. The van der Waals surface area contributed by atoms with Gasteiger partial charge in [-0.05, 0) is 20.8 Å². The molecular formula is C16H22N2OS. The molecule has 0 amide bonds. The Balaban J connectivity index is 2.24. The van der Waals surface area contributed by atoms with Gasteiger partial charge in [-0.25, -0.2) is 4.98 Å². The molecule has 1 heterocycles. The molecule has 0 aliphatic heterocycles. The number of nitrogens with zero attached hydrogens (tertiary/aromatic N) is 1. The van der Waals surface area contributed by atoms with Crippen LogP contribution in [0, 0.1) is 0 Å². The number of hydrogen-bond donors (Lipinski definition) is 1. The van der Waals surface area contributed by atoms with Gasteiger partial charge in [-0.15, -0.1) is 11.3 Å². The Hall–Kier alpha value is -1.23. The van der Waals surface area contributed by atoms with Crippen molar-refractivity contribution in [3.05, 3.63) is 40.9 Å². The number of benzene rings is 1. The highest BCUT2D eigenvalue weighted by Gasteiger charge is 2.15. The van der Waals surface area contributed by atoms with Crippen LogP contribution in [-0.4, -0.2) is 17.6 Å². The second-order valence-electron chi connectivity index (χ2n) is 5.79. The Morgan fingerprint density at radius 1 is 1.20 bits per heavy atom. The molecule has 0 atom stereocenters. The lowest BCUT2D eigenvalue weighted by atomic mass is 10.1. The van der Waals surface area contributed by atoms with E-state index in [4.69, 9.17) is 9.72 Å². The average molecular weight is 290 g/mol. The van der Waals surface area contributed by atoms with Crippen LogP contribution in [0.25, 0.3) is 10.6 Å². The first-order valence-corrected chi connectivity index (χ1v) is 7.59. The third kappa shape index (κ3) is 4.13. The van der Waals surface area contributed by atoms with E-state index in [9.17, 15) is 0 Å². The second-order valence-corrected chi connectivity index (χ2v) is 6.88. The minimum Gasteiger partial charge on any atom is -0.378 e. The van der Waals surface area contributed by atoms with Crippen molar-refractivity contribution in [3.63, 3.8) is 0 Å². The highest BCUT2D eigenvalue weighted by Crippen LogP contribution is 2.28. The summed E-state index contributed by atoms with van der Waals surface area (Å²) in [6.07, 6.45) is 0. The summed E-state index contributed by atoms with van der Waals surface area (Å²) in [6, 6.07) is 10.3. The molecule has 1 N–H and O–H groups in total. The molecule has 2 aromatic rings. The number of methoxy groups -OCH3 is 1. The number of aromatic nitrogens is 1. The van der Waals surface area contributed by atoms with Gasteiger partial charge >= 0.3 is 0 Å². The Morgan fingerprint density at radius 3 is 2.50 bits per heavy atom. The molecule has 1 aromatic heterocycles. The van der Waals surface area contributed by atoms with Crippen LogP contribution < -0.4 is 5.32 Å². The first-order chi connectivity index (χ1) is 9.49. The summed E-state index contributed by atoms with van der Waals surface area (Å²) in [5, 5.41) is 4.58. The average Bonchev–Trinajstić information content (AvgIpc) is 2.80. The van der Waals surface area contributed by atoms with Crippen molar-refractivity contribution >= 4 is 11.3 Å². The Bertz CT molecular complexity index is 543. The van der Waals surface area contributed by atoms with Crippen LogP contribution in [0.15, 0.2) is 30.3 Å². The van der Waals surface area contributed by atoms with Crippen LogP contribution in [0.1, 0.15) is 31.3 Å². The van der Waals surface area contributed by atoms with Crippen molar-refractivity contribution in [1.29, 1.82) is 0 Å². The van der Waals surface area contributed by atoms with Gasteiger partial charge in [0.2, 0.25) is 0 Å². The fraction of sp³-hybridized carbons (Fsp3) is 0.438. The molecule has 0 unspecified atom stereocenters. The first-order valence-electron chi connectivity index (χ1n) is 6.77. The molecule has 3 nitrogen and oxygen atoms in total. The maximum absolute atomic E-state index is 5.27. The Morgan fingerprint density at radius 2 is 1.90 bits per heavy atom. The van der Waals surface area contributed by atoms with Crippen LogP contribution in [0.3, 0.4) is 0 Å². The molecule has 0 fully saturated rings. The predicted molar refractivity (Wildman–Crippen MR) is 84.9 cm³/mol. The van der Waals surface area contributed by atoms with E-state index >= 15 is 0 Å². The van der Waals surface area contributed by atoms with E-state index in [1.807, 2.05) is 18.2 Å². The van der Waals surface area contributed by atoms with E-state index in [2.05, 4.69) is 38.2 Å². The lowest BCUT2D eigenvalue weighted by Gasteiger charge is -2.20. The zero-order chi connectivity index (χ0) is 14.6. The van der Waals surface area contributed by atoms with E-state index in [0.717, 1.165) is 22.8 Å². The molecule has 2 rings (SSSR count). The fourth-order valence-corrected chi connectivity index (χ4v) is 2.83. The topological polar surface area (TPSA) is 34.1 Å². The zero-order valence-electron chi connectivity index (χ0n) is 12.6. The molecule has 0 radical (unpaired) electrons. The molecule has 0 spiro atoms. The zero-order valence-corrected chi connectivity index (χ0v) is 13.4. The van der Waals surface area contributed by atoms with E-state index in [0.29, 0.717) is 6.61 Å². The molecular weight excluding hydrogens is 268 g/mol. The van der Waals surface area contributed by atoms with Gasteiger partial charge in [-0.1, -0.05) is 30.3 Å². The summed E-state index contributed by atoms with van der Waals surface area (Å²) in [5.74, 6) is 0. The third-order valence-electron chi connectivity index (χ3n) is 2.86. The normalized spacial score (nSPS) is 11.8.